The molecule has 0 spiro atoms. The Balaban J connectivity index is 3.56. The number of carboxylic acid groups (broad SMARTS) is 1. The van der Waals surface area contributed by atoms with E-state index in [1.54, 1.807) is 0 Å². The normalized spacial score (nSPS) is 12.9. The highest BCUT2D eigenvalue weighted by molar-refractivity contribution is 5.66. The lowest BCUT2D eigenvalue weighted by atomic mass is 9.91. The van der Waals surface area contributed by atoms with Gasteiger partial charge < -0.3 is 5.11 Å². The molecule has 0 radical (unpaired) electrons. The van der Waals surface area contributed by atoms with Gasteiger partial charge in [-0.05, 0) is 30.6 Å². The molecule has 1 unspecified atom stereocenters. The molecule has 1 atom stereocenters. The molecule has 24 heavy (non-hydrogen) atoms. The van der Waals surface area contributed by atoms with Crippen LogP contribution in [0.1, 0.15) is 118 Å². The fourth-order valence-electron chi connectivity index (χ4n) is 3.46. The average molecular weight is 341 g/mol. The van der Waals surface area contributed by atoms with Gasteiger partial charge in [0.2, 0.25) is 0 Å². The van der Waals surface area contributed by atoms with Gasteiger partial charge in [-0.1, -0.05) is 98.3 Å². The number of rotatable bonds is 17. The molecule has 0 aliphatic carbocycles. The van der Waals surface area contributed by atoms with Crippen LogP contribution in [-0.4, -0.2) is 11.1 Å². The van der Waals surface area contributed by atoms with Gasteiger partial charge in [-0.15, -0.1) is 0 Å². The van der Waals surface area contributed by atoms with Crippen molar-refractivity contribution in [1.29, 1.82) is 0 Å². The molecule has 0 aromatic heterocycles. The smallest absolute Gasteiger partial charge is 0.303 e. The molecular weight excluding hydrogens is 296 g/mol. The Morgan fingerprint density at radius 3 is 1.46 bits per heavy atom. The van der Waals surface area contributed by atoms with Crippen molar-refractivity contribution in [2.24, 2.45) is 17.8 Å². The minimum absolute atomic E-state index is 0.369. The molecule has 0 rings (SSSR count). The molecule has 0 bridgehead atoms. The monoisotopic (exact) mass is 340 g/mol. The Hall–Kier alpha value is -0.530. The first-order valence-electron chi connectivity index (χ1n) is 10.6. The number of hydrogen-bond donors (Lipinski definition) is 1. The molecule has 0 aromatic carbocycles. The van der Waals surface area contributed by atoms with Gasteiger partial charge in [0.15, 0.2) is 0 Å². The van der Waals surface area contributed by atoms with Gasteiger partial charge >= 0.3 is 5.97 Å². The summed E-state index contributed by atoms with van der Waals surface area (Å²) >= 11 is 0. The first kappa shape index (κ1) is 23.5. The van der Waals surface area contributed by atoms with E-state index in [0.29, 0.717) is 12.3 Å². The van der Waals surface area contributed by atoms with Crippen LogP contribution >= 0.6 is 0 Å². The molecule has 0 aliphatic heterocycles. The van der Waals surface area contributed by atoms with Gasteiger partial charge in [-0.3, -0.25) is 4.79 Å². The zero-order chi connectivity index (χ0) is 18.2. The maximum atomic E-state index is 11.0. The second kappa shape index (κ2) is 16.0. The van der Waals surface area contributed by atoms with E-state index in [4.69, 9.17) is 5.11 Å². The zero-order valence-corrected chi connectivity index (χ0v) is 17.0. The second-order valence-electron chi connectivity index (χ2n) is 8.59. The van der Waals surface area contributed by atoms with Crippen LogP contribution in [0.15, 0.2) is 0 Å². The highest BCUT2D eigenvalue weighted by Crippen LogP contribution is 2.22. The van der Waals surface area contributed by atoms with Crippen LogP contribution in [0.3, 0.4) is 0 Å². The van der Waals surface area contributed by atoms with Crippen molar-refractivity contribution < 1.29 is 9.90 Å². The van der Waals surface area contributed by atoms with Gasteiger partial charge in [0.05, 0.1) is 0 Å². The van der Waals surface area contributed by atoms with Crippen molar-refractivity contribution in [2.45, 2.75) is 118 Å². The van der Waals surface area contributed by atoms with Crippen LogP contribution in [0.4, 0.5) is 0 Å². The Labute approximate surface area is 151 Å². The van der Waals surface area contributed by atoms with Crippen molar-refractivity contribution in [3.63, 3.8) is 0 Å². The Kier molecular flexibility index (Phi) is 15.6. The van der Waals surface area contributed by atoms with E-state index in [1.807, 2.05) is 0 Å². The van der Waals surface area contributed by atoms with E-state index < -0.39 is 5.97 Å². The third-order valence-corrected chi connectivity index (χ3v) is 5.00. The molecule has 144 valence electrons. The van der Waals surface area contributed by atoms with E-state index >= 15 is 0 Å². The summed E-state index contributed by atoms with van der Waals surface area (Å²) < 4.78 is 0. The molecule has 0 aliphatic rings. The average Bonchev–Trinajstić information content (AvgIpc) is 2.47. The Morgan fingerprint density at radius 1 is 0.625 bits per heavy atom. The summed E-state index contributed by atoms with van der Waals surface area (Å²) in [5.74, 6) is 1.36. The van der Waals surface area contributed by atoms with E-state index in [0.717, 1.165) is 24.7 Å². The van der Waals surface area contributed by atoms with E-state index in [-0.39, 0.29) is 0 Å². The summed E-state index contributed by atoms with van der Waals surface area (Å²) in [6.45, 7) is 9.10. The first-order chi connectivity index (χ1) is 11.4. The topological polar surface area (TPSA) is 37.3 Å². The SMILES string of the molecule is CC(C)CCCCCCCCCCC(CCCC(C)C)CC(=O)O. The van der Waals surface area contributed by atoms with Crippen LogP contribution in [0.25, 0.3) is 0 Å². The lowest BCUT2D eigenvalue weighted by Crippen LogP contribution is -2.08. The van der Waals surface area contributed by atoms with Crippen molar-refractivity contribution in [3.8, 4) is 0 Å². The second-order valence-corrected chi connectivity index (χ2v) is 8.59. The molecule has 0 aromatic rings. The lowest BCUT2D eigenvalue weighted by molar-refractivity contribution is -0.138. The number of aliphatic carboxylic acids is 1. The van der Waals surface area contributed by atoms with Gasteiger partial charge in [0.1, 0.15) is 0 Å². The summed E-state index contributed by atoms with van der Waals surface area (Å²) in [5.41, 5.74) is 0. The molecule has 0 saturated carbocycles. The Bertz CT molecular complexity index is 284. The van der Waals surface area contributed by atoms with E-state index in [1.165, 1.54) is 70.6 Å². The molecule has 0 saturated heterocycles. The summed E-state index contributed by atoms with van der Waals surface area (Å²) in [4.78, 5) is 11.0. The van der Waals surface area contributed by atoms with Gasteiger partial charge in [0.25, 0.3) is 0 Å². The van der Waals surface area contributed by atoms with Gasteiger partial charge in [-0.2, -0.15) is 0 Å². The predicted molar refractivity (Wildman–Crippen MR) is 105 cm³/mol. The highest BCUT2D eigenvalue weighted by atomic mass is 16.4. The minimum atomic E-state index is -0.619. The molecular formula is C22H44O2. The summed E-state index contributed by atoms with van der Waals surface area (Å²) in [6.07, 6.45) is 17.1. The number of unbranched alkanes of at least 4 members (excludes halogenated alkanes) is 7. The summed E-state index contributed by atoms with van der Waals surface area (Å²) in [7, 11) is 0. The summed E-state index contributed by atoms with van der Waals surface area (Å²) in [5, 5.41) is 9.07. The third-order valence-electron chi connectivity index (χ3n) is 5.00. The maximum Gasteiger partial charge on any atom is 0.303 e. The van der Waals surface area contributed by atoms with Crippen LogP contribution < -0.4 is 0 Å². The molecule has 2 nitrogen and oxygen atoms in total. The van der Waals surface area contributed by atoms with Crippen LogP contribution in [-0.2, 0) is 4.79 Å². The maximum absolute atomic E-state index is 11.0. The Morgan fingerprint density at radius 2 is 1.00 bits per heavy atom. The van der Waals surface area contributed by atoms with Crippen molar-refractivity contribution in [1.82, 2.24) is 0 Å². The van der Waals surface area contributed by atoms with Crippen LogP contribution in [0, 0.1) is 17.8 Å². The minimum Gasteiger partial charge on any atom is -0.481 e. The number of carbonyl (C=O) groups is 1. The van der Waals surface area contributed by atoms with Crippen molar-refractivity contribution in [2.75, 3.05) is 0 Å². The van der Waals surface area contributed by atoms with Crippen molar-refractivity contribution >= 4 is 5.97 Å². The number of carboxylic acids is 1. The molecule has 0 amide bonds. The first-order valence-corrected chi connectivity index (χ1v) is 10.6. The van der Waals surface area contributed by atoms with E-state index in [2.05, 4.69) is 27.7 Å². The molecule has 1 N–H and O–H groups in total. The highest BCUT2D eigenvalue weighted by Gasteiger charge is 2.13. The fourth-order valence-corrected chi connectivity index (χ4v) is 3.46. The molecule has 0 heterocycles. The van der Waals surface area contributed by atoms with Crippen LogP contribution in [0.5, 0.6) is 0 Å². The van der Waals surface area contributed by atoms with E-state index in [9.17, 15) is 4.79 Å². The third kappa shape index (κ3) is 17.8. The number of hydrogen-bond acceptors (Lipinski definition) is 1. The van der Waals surface area contributed by atoms with Gasteiger partial charge in [-0.25, -0.2) is 0 Å². The lowest BCUT2D eigenvalue weighted by Gasteiger charge is -2.15. The standard InChI is InChI=1S/C22H44O2/c1-19(2)14-11-9-7-5-6-8-10-12-16-21(18-22(23)24)17-13-15-20(3)4/h19-21H,5-18H2,1-4H3,(H,23,24). The van der Waals surface area contributed by atoms with Crippen LogP contribution in [0.2, 0.25) is 0 Å². The van der Waals surface area contributed by atoms with Gasteiger partial charge in [0, 0.05) is 6.42 Å². The van der Waals surface area contributed by atoms with Crippen molar-refractivity contribution in [3.05, 3.63) is 0 Å². The quantitative estimate of drug-likeness (QED) is 0.279. The zero-order valence-electron chi connectivity index (χ0n) is 17.0. The molecule has 2 heteroatoms. The predicted octanol–water partition coefficient (Wildman–Crippen LogP) is 7.46. The largest absolute Gasteiger partial charge is 0.481 e. The molecule has 0 fully saturated rings. The summed E-state index contributed by atoms with van der Waals surface area (Å²) in [6, 6.07) is 0. The fraction of sp³-hybridized carbons (Fsp3) is 0.955.